The molecule has 3 nitrogen and oxygen atoms in total. The number of nitrogens with two attached hydrogens (primary N) is 1. The van der Waals surface area contributed by atoms with Crippen LogP contribution < -0.4 is 5.73 Å². The topological polar surface area (TPSA) is 43.8 Å². The van der Waals surface area contributed by atoms with E-state index in [9.17, 15) is 8.78 Å². The van der Waals surface area contributed by atoms with Crippen LogP contribution in [0.15, 0.2) is 30.3 Å². The Kier molecular flexibility index (Phi) is 2.87. The van der Waals surface area contributed by atoms with Crippen LogP contribution in [0.5, 0.6) is 0 Å². The van der Waals surface area contributed by atoms with Crippen molar-refractivity contribution in [2.75, 3.05) is 5.73 Å². The summed E-state index contributed by atoms with van der Waals surface area (Å²) in [6.07, 6.45) is 0. The fourth-order valence-electron chi connectivity index (χ4n) is 2.18. The highest BCUT2D eigenvalue weighted by Gasteiger charge is 2.15. The summed E-state index contributed by atoms with van der Waals surface area (Å²) < 4.78 is 28.8. The number of rotatable bonds is 1. The largest absolute Gasteiger partial charge is 0.369 e. The van der Waals surface area contributed by atoms with Gasteiger partial charge in [0.2, 0.25) is 5.95 Å². The Hall–Kier alpha value is -2.14. The molecule has 0 atom stereocenters. The lowest BCUT2D eigenvalue weighted by Crippen LogP contribution is -2.03. The van der Waals surface area contributed by atoms with Crippen molar-refractivity contribution >= 4 is 28.6 Å². The average Bonchev–Trinajstić information content (AvgIpc) is 2.69. The molecule has 2 aromatic carbocycles. The quantitative estimate of drug-likeness (QED) is 0.740. The van der Waals surface area contributed by atoms with Crippen LogP contribution >= 0.6 is 11.6 Å². The molecule has 20 heavy (non-hydrogen) atoms. The number of fused-ring (bicyclic) bond motifs is 1. The minimum atomic E-state index is -0.575. The average molecular weight is 294 g/mol. The number of hydrogen-bond acceptors (Lipinski definition) is 2. The van der Waals surface area contributed by atoms with Gasteiger partial charge in [0.1, 0.15) is 11.6 Å². The Morgan fingerprint density at radius 1 is 1.20 bits per heavy atom. The van der Waals surface area contributed by atoms with Crippen molar-refractivity contribution in [3.63, 3.8) is 0 Å². The Labute approximate surface area is 118 Å². The summed E-state index contributed by atoms with van der Waals surface area (Å²) in [6.45, 7) is 1.63. The lowest BCUT2D eigenvalue weighted by atomic mass is 10.2. The van der Waals surface area contributed by atoms with Gasteiger partial charge in [-0.05, 0) is 25.1 Å². The fraction of sp³-hybridized carbons (Fsp3) is 0.0714. The molecule has 0 aliphatic carbocycles. The second-order valence-corrected chi connectivity index (χ2v) is 4.85. The molecule has 3 rings (SSSR count). The molecule has 0 saturated heterocycles. The van der Waals surface area contributed by atoms with Crippen LogP contribution in [0.25, 0.3) is 16.7 Å². The van der Waals surface area contributed by atoms with Crippen LogP contribution in [-0.2, 0) is 0 Å². The fourth-order valence-corrected chi connectivity index (χ4v) is 2.34. The summed E-state index contributed by atoms with van der Waals surface area (Å²) in [5, 5.41) is -0.0295. The van der Waals surface area contributed by atoms with Gasteiger partial charge in [0.05, 0.1) is 21.7 Å². The van der Waals surface area contributed by atoms with E-state index in [1.807, 2.05) is 0 Å². The second-order valence-electron chi connectivity index (χ2n) is 4.44. The molecule has 0 unspecified atom stereocenters. The van der Waals surface area contributed by atoms with E-state index in [1.165, 1.54) is 22.8 Å². The zero-order chi connectivity index (χ0) is 14.4. The molecule has 102 valence electrons. The molecule has 1 aromatic heterocycles. The number of anilines is 1. The van der Waals surface area contributed by atoms with Crippen LogP contribution in [0.2, 0.25) is 5.02 Å². The Balaban J connectivity index is 2.39. The van der Waals surface area contributed by atoms with Gasteiger partial charge < -0.3 is 5.73 Å². The molecule has 0 saturated carbocycles. The summed E-state index contributed by atoms with van der Waals surface area (Å²) >= 11 is 5.73. The van der Waals surface area contributed by atoms with Crippen LogP contribution in [0.3, 0.4) is 0 Å². The van der Waals surface area contributed by atoms with Gasteiger partial charge >= 0.3 is 0 Å². The summed E-state index contributed by atoms with van der Waals surface area (Å²) in [5.74, 6) is -0.789. The third-order valence-electron chi connectivity index (χ3n) is 3.20. The highest BCUT2D eigenvalue weighted by Crippen LogP contribution is 2.29. The van der Waals surface area contributed by atoms with Crippen molar-refractivity contribution in [3.8, 4) is 5.69 Å². The van der Waals surface area contributed by atoms with Crippen LogP contribution in [0.1, 0.15) is 5.56 Å². The molecule has 0 bridgehead atoms. The van der Waals surface area contributed by atoms with Crippen LogP contribution in [0, 0.1) is 18.6 Å². The van der Waals surface area contributed by atoms with Gasteiger partial charge in [-0.1, -0.05) is 17.7 Å². The predicted molar refractivity (Wildman–Crippen MR) is 75.1 cm³/mol. The smallest absolute Gasteiger partial charge is 0.205 e. The van der Waals surface area contributed by atoms with Crippen molar-refractivity contribution in [1.29, 1.82) is 0 Å². The van der Waals surface area contributed by atoms with E-state index in [0.29, 0.717) is 22.3 Å². The molecule has 0 spiro atoms. The molecule has 3 aromatic rings. The van der Waals surface area contributed by atoms with E-state index in [0.717, 1.165) is 0 Å². The van der Waals surface area contributed by atoms with Gasteiger partial charge in [-0.25, -0.2) is 13.8 Å². The van der Waals surface area contributed by atoms with Gasteiger partial charge in [0.25, 0.3) is 0 Å². The van der Waals surface area contributed by atoms with Gasteiger partial charge in [-0.2, -0.15) is 0 Å². The number of imidazole rings is 1. The molecular formula is C14H10ClF2N3. The molecule has 1 heterocycles. The Morgan fingerprint density at radius 3 is 2.70 bits per heavy atom. The first-order valence-electron chi connectivity index (χ1n) is 5.87. The second kappa shape index (κ2) is 4.45. The third-order valence-corrected chi connectivity index (χ3v) is 3.49. The lowest BCUT2D eigenvalue weighted by molar-refractivity contribution is 0.617. The molecule has 6 heteroatoms. The first-order valence-corrected chi connectivity index (χ1v) is 6.25. The number of nitrogen functional groups attached to an aromatic ring is 1. The van der Waals surface area contributed by atoms with Gasteiger partial charge in [-0.3, -0.25) is 4.57 Å². The van der Waals surface area contributed by atoms with Gasteiger partial charge in [0.15, 0.2) is 0 Å². The number of aromatic nitrogens is 2. The lowest BCUT2D eigenvalue weighted by Gasteiger charge is -2.10. The zero-order valence-electron chi connectivity index (χ0n) is 10.5. The maximum Gasteiger partial charge on any atom is 0.205 e. The van der Waals surface area contributed by atoms with E-state index < -0.39 is 5.82 Å². The van der Waals surface area contributed by atoms with Gasteiger partial charge in [-0.15, -0.1) is 0 Å². The Bertz CT molecular complexity index is 827. The molecule has 0 radical (unpaired) electrons. The van der Waals surface area contributed by atoms with E-state index in [-0.39, 0.29) is 16.8 Å². The monoisotopic (exact) mass is 293 g/mol. The van der Waals surface area contributed by atoms with Crippen molar-refractivity contribution < 1.29 is 8.78 Å². The Morgan fingerprint density at radius 2 is 1.95 bits per heavy atom. The number of nitrogens with zero attached hydrogens (tertiary/aromatic N) is 2. The SMILES string of the molecule is Cc1c(F)cccc1-n1c(N)nc2cc(Cl)c(F)cc21. The molecule has 2 N–H and O–H groups in total. The summed E-state index contributed by atoms with van der Waals surface area (Å²) in [7, 11) is 0. The molecule has 0 aliphatic heterocycles. The van der Waals surface area contributed by atoms with E-state index in [2.05, 4.69) is 4.98 Å². The number of halogens is 3. The zero-order valence-corrected chi connectivity index (χ0v) is 11.2. The van der Waals surface area contributed by atoms with Crippen molar-refractivity contribution in [3.05, 3.63) is 52.6 Å². The molecular weight excluding hydrogens is 284 g/mol. The highest BCUT2D eigenvalue weighted by atomic mass is 35.5. The third kappa shape index (κ3) is 1.82. The van der Waals surface area contributed by atoms with E-state index in [4.69, 9.17) is 17.3 Å². The summed E-state index contributed by atoms with van der Waals surface area (Å²) in [5.41, 5.74) is 7.70. The standard InChI is InChI=1S/C14H10ClF2N3/c1-7-9(16)3-2-4-12(7)20-13-6-10(17)8(15)5-11(13)19-14(20)18/h2-6H,1H3,(H2,18,19). The normalized spacial score (nSPS) is 11.2. The number of hydrogen-bond donors (Lipinski definition) is 1. The highest BCUT2D eigenvalue weighted by molar-refractivity contribution is 6.31. The van der Waals surface area contributed by atoms with E-state index in [1.54, 1.807) is 19.1 Å². The summed E-state index contributed by atoms with van der Waals surface area (Å²) in [6, 6.07) is 7.25. The van der Waals surface area contributed by atoms with Crippen molar-refractivity contribution in [2.45, 2.75) is 6.92 Å². The number of benzene rings is 2. The predicted octanol–water partition coefficient (Wildman–Crippen LogP) is 3.85. The van der Waals surface area contributed by atoms with Gasteiger partial charge in [0, 0.05) is 11.6 Å². The molecule has 0 fully saturated rings. The maximum absolute atomic E-state index is 13.7. The van der Waals surface area contributed by atoms with Crippen LogP contribution in [0.4, 0.5) is 14.7 Å². The first-order chi connectivity index (χ1) is 9.49. The minimum absolute atomic E-state index is 0.0295. The van der Waals surface area contributed by atoms with E-state index >= 15 is 0 Å². The van der Waals surface area contributed by atoms with Crippen molar-refractivity contribution in [1.82, 2.24) is 9.55 Å². The molecule has 0 amide bonds. The molecule has 0 aliphatic rings. The maximum atomic E-state index is 13.7. The summed E-state index contributed by atoms with van der Waals surface area (Å²) in [4.78, 5) is 4.13. The minimum Gasteiger partial charge on any atom is -0.369 e. The van der Waals surface area contributed by atoms with Crippen molar-refractivity contribution in [2.24, 2.45) is 0 Å². The first kappa shape index (κ1) is 12.9. The van der Waals surface area contributed by atoms with Crippen LogP contribution in [-0.4, -0.2) is 9.55 Å².